The van der Waals surface area contributed by atoms with Crippen LogP contribution in [0.25, 0.3) is 0 Å². The van der Waals surface area contributed by atoms with E-state index in [0.717, 1.165) is 0 Å². The van der Waals surface area contributed by atoms with Crippen molar-refractivity contribution >= 4 is 23.5 Å². The SMILES string of the molecule is O.O=C(O)CNC(=O)c1ccc(Cl)cc1. The molecule has 0 aromatic heterocycles. The van der Waals surface area contributed by atoms with Crippen molar-refractivity contribution in [2.45, 2.75) is 0 Å². The van der Waals surface area contributed by atoms with E-state index in [1.165, 1.54) is 12.1 Å². The number of hydrogen-bond acceptors (Lipinski definition) is 2. The van der Waals surface area contributed by atoms with Crippen LogP contribution < -0.4 is 5.32 Å². The van der Waals surface area contributed by atoms with Gasteiger partial charge in [-0.1, -0.05) is 11.6 Å². The van der Waals surface area contributed by atoms with Crippen molar-refractivity contribution in [2.75, 3.05) is 6.54 Å². The van der Waals surface area contributed by atoms with E-state index in [9.17, 15) is 9.59 Å². The van der Waals surface area contributed by atoms with Crippen LogP contribution in [-0.4, -0.2) is 29.0 Å². The summed E-state index contributed by atoms with van der Waals surface area (Å²) in [6.07, 6.45) is 0. The van der Waals surface area contributed by atoms with Crippen LogP contribution in [0, 0.1) is 0 Å². The molecule has 0 aliphatic heterocycles. The van der Waals surface area contributed by atoms with Crippen molar-refractivity contribution in [1.29, 1.82) is 0 Å². The van der Waals surface area contributed by atoms with Gasteiger partial charge in [0.1, 0.15) is 6.54 Å². The van der Waals surface area contributed by atoms with Crippen LogP contribution in [0.5, 0.6) is 0 Å². The molecule has 0 spiro atoms. The van der Waals surface area contributed by atoms with Gasteiger partial charge < -0.3 is 15.9 Å². The van der Waals surface area contributed by atoms with Crippen molar-refractivity contribution in [3.05, 3.63) is 34.9 Å². The van der Waals surface area contributed by atoms with E-state index in [0.29, 0.717) is 10.6 Å². The number of carbonyl (C=O) groups is 2. The molecule has 4 N–H and O–H groups in total. The van der Waals surface area contributed by atoms with E-state index in [1.807, 2.05) is 0 Å². The molecule has 1 amide bonds. The fourth-order valence-electron chi connectivity index (χ4n) is 0.859. The maximum Gasteiger partial charge on any atom is 0.322 e. The molecule has 0 saturated heterocycles. The summed E-state index contributed by atoms with van der Waals surface area (Å²) in [5, 5.41) is 11.1. The van der Waals surface area contributed by atoms with Gasteiger partial charge in [-0.05, 0) is 24.3 Å². The molecule has 1 aromatic rings. The lowest BCUT2D eigenvalue weighted by Crippen LogP contribution is -2.29. The predicted octanol–water partition coefficient (Wildman–Crippen LogP) is 0.330. The summed E-state index contributed by atoms with van der Waals surface area (Å²) in [5.41, 5.74) is 0.385. The third-order valence-corrected chi connectivity index (χ3v) is 1.76. The summed E-state index contributed by atoms with van der Waals surface area (Å²) >= 11 is 5.62. The average Bonchev–Trinajstić information content (AvgIpc) is 2.15. The Bertz CT molecular complexity index is 350. The summed E-state index contributed by atoms with van der Waals surface area (Å²) in [5.74, 6) is -1.50. The number of aliphatic carboxylic acids is 1. The molecule has 0 heterocycles. The molecular weight excluding hydrogens is 222 g/mol. The van der Waals surface area contributed by atoms with Gasteiger partial charge in [-0.25, -0.2) is 0 Å². The number of halogens is 1. The topological polar surface area (TPSA) is 97.9 Å². The number of benzene rings is 1. The van der Waals surface area contributed by atoms with Gasteiger partial charge in [-0.3, -0.25) is 9.59 Å². The van der Waals surface area contributed by atoms with E-state index in [-0.39, 0.29) is 12.0 Å². The maximum atomic E-state index is 11.2. The minimum atomic E-state index is -1.08. The third kappa shape index (κ3) is 4.44. The molecule has 0 fully saturated rings. The number of rotatable bonds is 3. The van der Waals surface area contributed by atoms with Crippen LogP contribution in [-0.2, 0) is 4.79 Å². The van der Waals surface area contributed by atoms with Crippen LogP contribution in [0.1, 0.15) is 10.4 Å². The fraction of sp³-hybridized carbons (Fsp3) is 0.111. The zero-order chi connectivity index (χ0) is 10.6. The second kappa shape index (κ2) is 6.00. The Morgan fingerprint density at radius 3 is 2.27 bits per heavy atom. The fourth-order valence-corrected chi connectivity index (χ4v) is 0.985. The number of carboxylic acids is 1. The number of amides is 1. The molecule has 1 aromatic carbocycles. The number of nitrogens with one attached hydrogen (secondary N) is 1. The minimum absolute atomic E-state index is 0. The lowest BCUT2D eigenvalue weighted by Gasteiger charge is -2.01. The Kier molecular flexibility index (Phi) is 5.36. The Morgan fingerprint density at radius 2 is 1.80 bits per heavy atom. The van der Waals surface area contributed by atoms with Crippen molar-refractivity contribution in [2.24, 2.45) is 0 Å². The molecule has 0 bridgehead atoms. The molecule has 5 nitrogen and oxygen atoms in total. The monoisotopic (exact) mass is 231 g/mol. The van der Waals surface area contributed by atoms with Crippen LogP contribution in [0.2, 0.25) is 5.02 Å². The lowest BCUT2D eigenvalue weighted by atomic mass is 10.2. The molecule has 0 aliphatic rings. The first-order chi connectivity index (χ1) is 6.59. The van der Waals surface area contributed by atoms with Crippen LogP contribution in [0.3, 0.4) is 0 Å². The van der Waals surface area contributed by atoms with Crippen LogP contribution >= 0.6 is 11.6 Å². The molecular formula is C9H10ClNO4. The van der Waals surface area contributed by atoms with Gasteiger partial charge in [0.2, 0.25) is 0 Å². The molecule has 0 aliphatic carbocycles. The highest BCUT2D eigenvalue weighted by Gasteiger charge is 2.05. The second-order valence-electron chi connectivity index (χ2n) is 2.58. The third-order valence-electron chi connectivity index (χ3n) is 1.51. The summed E-state index contributed by atoms with van der Waals surface area (Å²) in [6.45, 7) is -0.387. The van der Waals surface area contributed by atoms with Crippen LogP contribution in [0.4, 0.5) is 0 Å². The molecule has 15 heavy (non-hydrogen) atoms. The largest absolute Gasteiger partial charge is 0.480 e. The van der Waals surface area contributed by atoms with E-state index in [1.54, 1.807) is 12.1 Å². The summed E-state index contributed by atoms with van der Waals surface area (Å²) in [6, 6.07) is 6.19. The number of carboxylic acid groups (broad SMARTS) is 1. The first-order valence-electron chi connectivity index (χ1n) is 3.85. The minimum Gasteiger partial charge on any atom is -0.480 e. The maximum absolute atomic E-state index is 11.2. The lowest BCUT2D eigenvalue weighted by molar-refractivity contribution is -0.135. The highest BCUT2D eigenvalue weighted by molar-refractivity contribution is 6.30. The first kappa shape index (κ1) is 13.4. The Labute approximate surface area is 91.0 Å². The quantitative estimate of drug-likeness (QED) is 0.784. The first-order valence-corrected chi connectivity index (χ1v) is 4.23. The molecule has 0 saturated carbocycles. The summed E-state index contributed by atoms with van der Waals surface area (Å²) in [7, 11) is 0. The van der Waals surface area contributed by atoms with Gasteiger partial charge in [-0.15, -0.1) is 0 Å². The predicted molar refractivity (Wildman–Crippen MR) is 55.0 cm³/mol. The zero-order valence-corrected chi connectivity index (χ0v) is 8.41. The van der Waals surface area contributed by atoms with E-state index in [2.05, 4.69) is 5.32 Å². The number of hydrogen-bond donors (Lipinski definition) is 2. The molecule has 0 unspecified atom stereocenters. The van der Waals surface area contributed by atoms with Crippen LogP contribution in [0.15, 0.2) is 24.3 Å². The Morgan fingerprint density at radius 1 is 1.27 bits per heavy atom. The summed E-state index contributed by atoms with van der Waals surface area (Å²) < 4.78 is 0. The van der Waals surface area contributed by atoms with Gasteiger partial charge in [0, 0.05) is 10.6 Å². The summed E-state index contributed by atoms with van der Waals surface area (Å²) in [4.78, 5) is 21.4. The zero-order valence-electron chi connectivity index (χ0n) is 7.66. The smallest absolute Gasteiger partial charge is 0.322 e. The van der Waals surface area contributed by atoms with Crippen molar-refractivity contribution in [3.63, 3.8) is 0 Å². The van der Waals surface area contributed by atoms with Gasteiger partial charge in [0.05, 0.1) is 0 Å². The van der Waals surface area contributed by atoms with Gasteiger partial charge in [0.25, 0.3) is 5.91 Å². The highest BCUT2D eigenvalue weighted by Crippen LogP contribution is 2.08. The van der Waals surface area contributed by atoms with E-state index in [4.69, 9.17) is 16.7 Å². The van der Waals surface area contributed by atoms with Gasteiger partial charge >= 0.3 is 5.97 Å². The van der Waals surface area contributed by atoms with E-state index < -0.39 is 11.9 Å². The average molecular weight is 232 g/mol. The van der Waals surface area contributed by atoms with Crippen molar-refractivity contribution < 1.29 is 20.2 Å². The number of carbonyl (C=O) groups excluding carboxylic acids is 1. The highest BCUT2D eigenvalue weighted by atomic mass is 35.5. The molecule has 1 rings (SSSR count). The Balaban J connectivity index is 0.00000196. The van der Waals surface area contributed by atoms with Gasteiger partial charge in [0.15, 0.2) is 0 Å². The molecule has 0 radical (unpaired) electrons. The van der Waals surface area contributed by atoms with Crippen molar-refractivity contribution in [3.8, 4) is 0 Å². The molecule has 0 atom stereocenters. The molecule has 6 heteroatoms. The molecule has 82 valence electrons. The second-order valence-corrected chi connectivity index (χ2v) is 3.02. The Hall–Kier alpha value is -1.59. The van der Waals surface area contributed by atoms with E-state index >= 15 is 0 Å². The normalized spacial score (nSPS) is 8.87. The standard InChI is InChI=1S/C9H8ClNO3.H2O/c10-7-3-1-6(2-4-7)9(14)11-5-8(12)13;/h1-4H,5H2,(H,11,14)(H,12,13);1H2. The van der Waals surface area contributed by atoms with Crippen molar-refractivity contribution in [1.82, 2.24) is 5.32 Å². The van der Waals surface area contributed by atoms with Gasteiger partial charge in [-0.2, -0.15) is 0 Å².